The van der Waals surface area contributed by atoms with Crippen molar-refractivity contribution in [3.63, 3.8) is 0 Å². The van der Waals surface area contributed by atoms with Gasteiger partial charge in [0.15, 0.2) is 0 Å². The van der Waals surface area contributed by atoms with Crippen LogP contribution in [-0.4, -0.2) is 38.3 Å². The third-order valence-corrected chi connectivity index (χ3v) is 5.13. The molecule has 2 aromatic rings. The SMILES string of the molecule is CCOC(=O)/C(=N/OS(=O)(=O)c1ccc(OC)cc1)Sc1ccc(O)cc1. The zero-order chi connectivity index (χ0) is 19.9. The van der Waals surface area contributed by atoms with Gasteiger partial charge in [0.05, 0.1) is 13.7 Å². The minimum absolute atomic E-state index is 0.0484. The monoisotopic (exact) mass is 411 g/mol. The lowest BCUT2D eigenvalue weighted by atomic mass is 10.3. The molecule has 1 N–H and O–H groups in total. The number of benzene rings is 2. The number of carbonyl (C=O) groups excluding carboxylic acids is 1. The molecule has 0 saturated carbocycles. The van der Waals surface area contributed by atoms with E-state index in [0.29, 0.717) is 10.6 Å². The Hall–Kier alpha value is -2.72. The fourth-order valence-electron chi connectivity index (χ4n) is 1.78. The molecule has 27 heavy (non-hydrogen) atoms. The van der Waals surface area contributed by atoms with Crippen LogP contribution in [0.5, 0.6) is 11.5 Å². The first-order valence-electron chi connectivity index (χ1n) is 7.65. The van der Waals surface area contributed by atoms with Crippen LogP contribution >= 0.6 is 11.8 Å². The van der Waals surface area contributed by atoms with Gasteiger partial charge in [-0.15, -0.1) is 0 Å². The van der Waals surface area contributed by atoms with Gasteiger partial charge in [0.2, 0.25) is 5.04 Å². The predicted molar refractivity (Wildman–Crippen MR) is 99.3 cm³/mol. The van der Waals surface area contributed by atoms with E-state index in [-0.39, 0.29) is 22.3 Å². The lowest BCUT2D eigenvalue weighted by Gasteiger charge is -2.07. The summed E-state index contributed by atoms with van der Waals surface area (Å²) in [5.41, 5.74) is 0. The van der Waals surface area contributed by atoms with Gasteiger partial charge in [0, 0.05) is 4.90 Å². The molecule has 2 aromatic carbocycles. The fourth-order valence-corrected chi connectivity index (χ4v) is 3.27. The van der Waals surface area contributed by atoms with Crippen molar-refractivity contribution in [2.24, 2.45) is 5.16 Å². The molecule has 0 bridgehead atoms. The second-order valence-electron chi connectivity index (χ2n) is 4.92. The number of hydrogen-bond donors (Lipinski definition) is 1. The Labute approximate surface area is 160 Å². The van der Waals surface area contributed by atoms with E-state index in [4.69, 9.17) is 9.47 Å². The molecule has 144 valence electrons. The quantitative estimate of drug-likeness (QED) is 0.254. The maximum atomic E-state index is 12.2. The van der Waals surface area contributed by atoms with Crippen LogP contribution in [0.2, 0.25) is 0 Å². The lowest BCUT2D eigenvalue weighted by Crippen LogP contribution is -2.16. The fraction of sp³-hybridized carbons (Fsp3) is 0.176. The highest BCUT2D eigenvalue weighted by Gasteiger charge is 2.20. The van der Waals surface area contributed by atoms with Crippen molar-refractivity contribution in [2.45, 2.75) is 16.7 Å². The van der Waals surface area contributed by atoms with Crippen molar-refractivity contribution in [1.82, 2.24) is 0 Å². The summed E-state index contributed by atoms with van der Waals surface area (Å²) in [6.07, 6.45) is 0. The topological polar surface area (TPSA) is 111 Å². The van der Waals surface area contributed by atoms with E-state index in [1.54, 1.807) is 6.92 Å². The summed E-state index contributed by atoms with van der Waals surface area (Å²) in [5.74, 6) is -0.305. The van der Waals surface area contributed by atoms with E-state index in [1.807, 2.05) is 0 Å². The molecule has 0 atom stereocenters. The summed E-state index contributed by atoms with van der Waals surface area (Å²) in [5, 5.41) is 12.5. The van der Waals surface area contributed by atoms with Crippen molar-refractivity contribution in [3.8, 4) is 11.5 Å². The van der Waals surface area contributed by atoms with Crippen molar-refractivity contribution < 1.29 is 32.1 Å². The molecule has 0 aliphatic rings. The van der Waals surface area contributed by atoms with E-state index >= 15 is 0 Å². The number of phenols is 1. The standard InChI is InChI=1S/C17H17NO7S2/c1-3-24-17(20)16(26-14-8-4-12(19)5-9-14)18-25-27(21,22)15-10-6-13(23-2)7-11-15/h4-11,19H,3H2,1-2H3/b18-16-. The van der Waals surface area contributed by atoms with Crippen LogP contribution in [0.4, 0.5) is 0 Å². The molecule has 10 heteroatoms. The maximum Gasteiger partial charge on any atom is 0.367 e. The summed E-state index contributed by atoms with van der Waals surface area (Å²) in [4.78, 5) is 12.4. The van der Waals surface area contributed by atoms with Crippen LogP contribution in [0.15, 0.2) is 63.5 Å². The Morgan fingerprint density at radius 3 is 2.30 bits per heavy atom. The highest BCUT2D eigenvalue weighted by Crippen LogP contribution is 2.24. The third kappa shape index (κ3) is 5.90. The van der Waals surface area contributed by atoms with E-state index in [2.05, 4.69) is 9.44 Å². The Morgan fingerprint density at radius 1 is 1.11 bits per heavy atom. The summed E-state index contributed by atoms with van der Waals surface area (Å²) >= 11 is 0.842. The molecule has 2 rings (SSSR count). The smallest absolute Gasteiger partial charge is 0.367 e. The average molecular weight is 411 g/mol. The normalized spacial score (nSPS) is 11.7. The Kier molecular flexibility index (Phi) is 7.08. The number of phenolic OH excluding ortho intramolecular Hbond substituents is 1. The molecule has 0 heterocycles. The molecular weight excluding hydrogens is 394 g/mol. The first kappa shape index (κ1) is 20.6. The summed E-state index contributed by atoms with van der Waals surface area (Å²) in [7, 11) is -2.78. The first-order chi connectivity index (χ1) is 12.9. The molecule has 0 radical (unpaired) electrons. The zero-order valence-electron chi connectivity index (χ0n) is 14.5. The van der Waals surface area contributed by atoms with E-state index in [1.165, 1.54) is 55.6 Å². The van der Waals surface area contributed by atoms with Gasteiger partial charge in [-0.25, -0.2) is 4.79 Å². The predicted octanol–water partition coefficient (Wildman–Crippen LogP) is 2.78. The Morgan fingerprint density at radius 2 is 1.74 bits per heavy atom. The van der Waals surface area contributed by atoms with Crippen LogP contribution in [0.25, 0.3) is 0 Å². The zero-order valence-corrected chi connectivity index (χ0v) is 16.1. The van der Waals surface area contributed by atoms with Crippen LogP contribution in [0.1, 0.15) is 6.92 Å². The molecule has 8 nitrogen and oxygen atoms in total. The number of oxime groups is 1. The molecular formula is C17H17NO7S2. The number of ether oxygens (including phenoxy) is 2. The Bertz CT molecular complexity index is 907. The number of thioether (sulfide) groups is 1. The summed E-state index contributed by atoms with van der Waals surface area (Å²) in [6, 6.07) is 11.4. The molecule has 0 spiro atoms. The molecule has 0 amide bonds. The molecule has 0 unspecified atom stereocenters. The van der Waals surface area contributed by atoms with Gasteiger partial charge < -0.3 is 14.6 Å². The molecule has 0 saturated heterocycles. The van der Waals surface area contributed by atoms with Crippen molar-refractivity contribution in [1.29, 1.82) is 0 Å². The second kappa shape index (κ2) is 9.28. The molecule has 0 aliphatic carbocycles. The van der Waals surface area contributed by atoms with Crippen LogP contribution in [0.3, 0.4) is 0 Å². The van der Waals surface area contributed by atoms with E-state index < -0.39 is 16.1 Å². The number of rotatable bonds is 6. The minimum atomic E-state index is -4.23. The van der Waals surface area contributed by atoms with Crippen molar-refractivity contribution in [3.05, 3.63) is 48.5 Å². The Balaban J connectivity index is 2.23. The third-order valence-electron chi connectivity index (χ3n) is 3.07. The van der Waals surface area contributed by atoms with Gasteiger partial charge in [-0.05, 0) is 55.5 Å². The number of hydrogen-bond acceptors (Lipinski definition) is 9. The number of aromatic hydroxyl groups is 1. The first-order valence-corrected chi connectivity index (χ1v) is 9.88. The van der Waals surface area contributed by atoms with Crippen molar-refractivity contribution in [2.75, 3.05) is 13.7 Å². The van der Waals surface area contributed by atoms with E-state index in [0.717, 1.165) is 11.8 Å². The van der Waals surface area contributed by atoms with E-state index in [9.17, 15) is 18.3 Å². The van der Waals surface area contributed by atoms with Gasteiger partial charge in [-0.3, -0.25) is 4.28 Å². The summed E-state index contributed by atoms with van der Waals surface area (Å²) < 4.78 is 39.0. The largest absolute Gasteiger partial charge is 0.508 e. The minimum Gasteiger partial charge on any atom is -0.508 e. The summed E-state index contributed by atoms with van der Waals surface area (Å²) in [6.45, 7) is 1.69. The van der Waals surface area contributed by atoms with Gasteiger partial charge in [-0.2, -0.15) is 8.42 Å². The second-order valence-corrected chi connectivity index (χ2v) is 7.51. The maximum absolute atomic E-state index is 12.2. The molecule has 0 aromatic heterocycles. The highest BCUT2D eigenvalue weighted by atomic mass is 32.2. The molecule has 0 aliphatic heterocycles. The van der Waals surface area contributed by atoms with Crippen LogP contribution in [0, 0.1) is 0 Å². The van der Waals surface area contributed by atoms with Gasteiger partial charge in [0.1, 0.15) is 16.4 Å². The van der Waals surface area contributed by atoms with Gasteiger partial charge in [-0.1, -0.05) is 16.9 Å². The number of esters is 1. The number of nitrogens with zero attached hydrogens (tertiary/aromatic N) is 1. The number of carbonyl (C=O) groups is 1. The highest BCUT2D eigenvalue weighted by molar-refractivity contribution is 8.15. The lowest BCUT2D eigenvalue weighted by molar-refractivity contribution is -0.134. The van der Waals surface area contributed by atoms with Crippen LogP contribution < -0.4 is 4.74 Å². The average Bonchev–Trinajstić information content (AvgIpc) is 2.66. The van der Waals surface area contributed by atoms with Gasteiger partial charge >= 0.3 is 16.1 Å². The van der Waals surface area contributed by atoms with Gasteiger partial charge in [0.25, 0.3) is 0 Å². The van der Waals surface area contributed by atoms with Crippen molar-refractivity contribution >= 4 is 32.9 Å². The number of methoxy groups -OCH3 is 1. The molecule has 0 fully saturated rings. The van der Waals surface area contributed by atoms with Crippen LogP contribution in [-0.2, 0) is 23.9 Å².